The molecule has 4 aliphatic carbocycles. The zero-order valence-electron chi connectivity index (χ0n) is 22.6. The molecule has 1 aromatic carbocycles. The van der Waals surface area contributed by atoms with Crippen LogP contribution in [-0.2, 0) is 9.47 Å². The molecular formula is C32H44O4. The molecule has 0 radical (unpaired) electrons. The van der Waals surface area contributed by atoms with Crippen LogP contribution in [-0.4, -0.2) is 40.4 Å². The number of rotatable bonds is 2. The SMILES string of the molecule is C=Cc1cccc([C@H]2CC3(C)C(CCC3(C)O)C3CCC4(O)CC5(CCC4=C32)OCC(C)(C)CO5)c1. The van der Waals surface area contributed by atoms with E-state index in [4.69, 9.17) is 9.47 Å². The zero-order chi connectivity index (χ0) is 25.6. The standard InChI is InChI=1S/C32H44O4/c1-6-21-8-7-9-22(16-21)24-17-29(4)25(11-13-30(29,5)33)23-10-14-31(34)18-32(15-12-26(31)27(23)24)35-19-28(2,3)20-36-32/h6-9,16,23-25,33-34H,1,10-15,17-20H2,2-5H3/t23?,24-,25?,29?,30?,31?/m1/s1. The summed E-state index contributed by atoms with van der Waals surface area (Å²) in [5.41, 5.74) is 3.47. The lowest BCUT2D eigenvalue weighted by Crippen LogP contribution is -2.58. The van der Waals surface area contributed by atoms with Crippen LogP contribution in [0.15, 0.2) is 42.0 Å². The minimum atomic E-state index is -0.880. The predicted molar refractivity (Wildman–Crippen MR) is 142 cm³/mol. The van der Waals surface area contributed by atoms with Crippen molar-refractivity contribution in [2.75, 3.05) is 13.2 Å². The molecular weight excluding hydrogens is 448 g/mol. The van der Waals surface area contributed by atoms with Crippen molar-refractivity contribution >= 4 is 6.08 Å². The Kier molecular flexibility index (Phi) is 5.54. The molecule has 2 N–H and O–H groups in total. The Balaban J connectivity index is 1.44. The third-order valence-corrected chi connectivity index (χ3v) is 11.0. The molecule has 1 spiro atoms. The number of benzene rings is 1. The van der Waals surface area contributed by atoms with Gasteiger partial charge in [-0.25, -0.2) is 0 Å². The van der Waals surface area contributed by atoms with Crippen LogP contribution >= 0.6 is 0 Å². The first-order chi connectivity index (χ1) is 16.9. The van der Waals surface area contributed by atoms with Crippen molar-refractivity contribution in [3.63, 3.8) is 0 Å². The number of allylic oxidation sites excluding steroid dienone is 1. The van der Waals surface area contributed by atoms with Crippen molar-refractivity contribution in [3.8, 4) is 0 Å². The maximum absolute atomic E-state index is 12.3. The highest BCUT2D eigenvalue weighted by Crippen LogP contribution is 2.67. The van der Waals surface area contributed by atoms with Crippen molar-refractivity contribution in [2.45, 2.75) is 102 Å². The van der Waals surface area contributed by atoms with Gasteiger partial charge in [-0.3, -0.25) is 0 Å². The average Bonchev–Trinajstić information content (AvgIpc) is 3.08. The number of aliphatic hydroxyl groups is 2. The minimum absolute atomic E-state index is 0.0127. The van der Waals surface area contributed by atoms with Gasteiger partial charge in [0.05, 0.1) is 24.4 Å². The van der Waals surface area contributed by atoms with E-state index in [0.29, 0.717) is 31.5 Å². The molecule has 1 aromatic rings. The molecule has 1 aliphatic heterocycles. The first-order valence-corrected chi connectivity index (χ1v) is 14.1. The molecule has 4 fully saturated rings. The lowest BCUT2D eigenvalue weighted by atomic mass is 9.50. The van der Waals surface area contributed by atoms with Gasteiger partial charge in [-0.05, 0) is 74.0 Å². The fourth-order valence-corrected chi connectivity index (χ4v) is 8.68. The summed E-state index contributed by atoms with van der Waals surface area (Å²) in [6, 6.07) is 8.74. The van der Waals surface area contributed by atoms with Crippen molar-refractivity contribution in [3.05, 3.63) is 53.1 Å². The molecule has 0 aromatic heterocycles. The van der Waals surface area contributed by atoms with Gasteiger partial charge in [0.15, 0.2) is 5.79 Å². The molecule has 3 saturated carbocycles. The van der Waals surface area contributed by atoms with Crippen molar-refractivity contribution < 1.29 is 19.7 Å². The number of hydrogen-bond donors (Lipinski definition) is 2. The Morgan fingerprint density at radius 1 is 1.00 bits per heavy atom. The maximum atomic E-state index is 12.3. The van der Waals surface area contributed by atoms with E-state index in [0.717, 1.165) is 50.5 Å². The molecule has 4 nitrogen and oxygen atoms in total. The molecule has 0 bridgehead atoms. The Hall–Kier alpha value is -1.46. The molecule has 6 atom stereocenters. The van der Waals surface area contributed by atoms with Gasteiger partial charge in [-0.15, -0.1) is 0 Å². The van der Waals surface area contributed by atoms with Crippen LogP contribution in [0.5, 0.6) is 0 Å². The molecule has 6 rings (SSSR count). The lowest BCUT2D eigenvalue weighted by Gasteiger charge is -2.58. The molecule has 5 aliphatic rings. The molecule has 5 unspecified atom stereocenters. The zero-order valence-corrected chi connectivity index (χ0v) is 22.6. The van der Waals surface area contributed by atoms with Crippen molar-refractivity contribution in [1.82, 2.24) is 0 Å². The normalized spacial score (nSPS) is 43.0. The molecule has 196 valence electrons. The first kappa shape index (κ1) is 24.9. The Bertz CT molecular complexity index is 1090. The van der Waals surface area contributed by atoms with Crippen molar-refractivity contribution in [2.24, 2.45) is 22.7 Å². The minimum Gasteiger partial charge on any atom is -0.390 e. The summed E-state index contributed by atoms with van der Waals surface area (Å²) in [4.78, 5) is 0. The summed E-state index contributed by atoms with van der Waals surface area (Å²) >= 11 is 0. The summed E-state index contributed by atoms with van der Waals surface area (Å²) < 4.78 is 12.8. The molecule has 0 amide bonds. The van der Waals surface area contributed by atoms with Crippen LogP contribution in [0.4, 0.5) is 0 Å². The second-order valence-corrected chi connectivity index (χ2v) is 13.9. The third kappa shape index (κ3) is 3.62. The first-order valence-electron chi connectivity index (χ1n) is 14.1. The molecule has 1 heterocycles. The molecule has 4 heteroatoms. The lowest BCUT2D eigenvalue weighted by molar-refractivity contribution is -0.322. The van der Waals surface area contributed by atoms with E-state index >= 15 is 0 Å². The highest BCUT2D eigenvalue weighted by Gasteiger charge is 2.63. The molecule has 36 heavy (non-hydrogen) atoms. The maximum Gasteiger partial charge on any atom is 0.171 e. The van der Waals surface area contributed by atoms with Crippen LogP contribution in [0.25, 0.3) is 6.08 Å². The number of fused-ring (bicyclic) bond motifs is 4. The van der Waals surface area contributed by atoms with E-state index in [1.54, 1.807) is 0 Å². The molecule has 1 saturated heterocycles. The monoisotopic (exact) mass is 492 g/mol. The summed E-state index contributed by atoms with van der Waals surface area (Å²) in [6.45, 7) is 14.1. The van der Waals surface area contributed by atoms with E-state index in [1.165, 1.54) is 16.7 Å². The summed E-state index contributed by atoms with van der Waals surface area (Å²) in [7, 11) is 0. The Morgan fingerprint density at radius 2 is 1.75 bits per heavy atom. The van der Waals surface area contributed by atoms with E-state index in [2.05, 4.69) is 58.5 Å². The summed E-state index contributed by atoms with van der Waals surface area (Å²) in [6.07, 6.45) is 8.62. The Labute approximate surface area is 216 Å². The quantitative estimate of drug-likeness (QED) is 0.471. The van der Waals surface area contributed by atoms with Gasteiger partial charge in [0.25, 0.3) is 0 Å². The summed E-state index contributed by atoms with van der Waals surface area (Å²) in [5.74, 6) is 0.396. The van der Waals surface area contributed by atoms with Gasteiger partial charge >= 0.3 is 0 Å². The number of ether oxygens (including phenoxy) is 2. The van der Waals surface area contributed by atoms with Crippen LogP contribution in [0.1, 0.15) is 96.1 Å². The van der Waals surface area contributed by atoms with Crippen LogP contribution in [0.2, 0.25) is 0 Å². The smallest absolute Gasteiger partial charge is 0.171 e. The van der Waals surface area contributed by atoms with E-state index in [9.17, 15) is 10.2 Å². The number of hydrogen-bond acceptors (Lipinski definition) is 4. The van der Waals surface area contributed by atoms with Crippen LogP contribution in [0.3, 0.4) is 0 Å². The second-order valence-electron chi connectivity index (χ2n) is 13.9. The van der Waals surface area contributed by atoms with Crippen LogP contribution < -0.4 is 0 Å². The van der Waals surface area contributed by atoms with Gasteiger partial charge in [0.2, 0.25) is 0 Å². The average molecular weight is 493 g/mol. The fourth-order valence-electron chi connectivity index (χ4n) is 8.68. The van der Waals surface area contributed by atoms with Gasteiger partial charge in [0.1, 0.15) is 0 Å². The van der Waals surface area contributed by atoms with E-state index in [1.807, 2.05) is 6.08 Å². The third-order valence-electron chi connectivity index (χ3n) is 11.0. The second kappa shape index (κ2) is 8.02. The predicted octanol–water partition coefficient (Wildman–Crippen LogP) is 6.38. The van der Waals surface area contributed by atoms with Crippen LogP contribution in [0, 0.1) is 22.7 Å². The van der Waals surface area contributed by atoms with Gasteiger partial charge in [0, 0.05) is 29.6 Å². The van der Waals surface area contributed by atoms with Crippen molar-refractivity contribution in [1.29, 1.82) is 0 Å². The topological polar surface area (TPSA) is 58.9 Å². The van der Waals surface area contributed by atoms with Gasteiger partial charge in [-0.2, -0.15) is 0 Å². The van der Waals surface area contributed by atoms with E-state index in [-0.39, 0.29) is 16.7 Å². The van der Waals surface area contributed by atoms with E-state index < -0.39 is 17.0 Å². The highest BCUT2D eigenvalue weighted by molar-refractivity contribution is 5.51. The van der Waals surface area contributed by atoms with Gasteiger partial charge in [-0.1, -0.05) is 63.3 Å². The summed E-state index contributed by atoms with van der Waals surface area (Å²) in [5, 5.41) is 23.8. The largest absolute Gasteiger partial charge is 0.390 e. The fraction of sp³-hybridized carbons (Fsp3) is 0.688. The Morgan fingerprint density at radius 3 is 2.47 bits per heavy atom. The highest BCUT2D eigenvalue weighted by atomic mass is 16.7. The van der Waals surface area contributed by atoms with Gasteiger partial charge < -0.3 is 19.7 Å².